The van der Waals surface area contributed by atoms with Crippen LogP contribution in [-0.2, 0) is 0 Å². The van der Waals surface area contributed by atoms with Crippen molar-refractivity contribution in [1.29, 1.82) is 0 Å². The number of aryl methyl sites for hydroxylation is 1. The molecule has 0 aliphatic heterocycles. The number of nitrogens with two attached hydrogens (primary N) is 1. The van der Waals surface area contributed by atoms with Gasteiger partial charge in [0.1, 0.15) is 0 Å². The quantitative estimate of drug-likeness (QED) is 0.560. The highest BCUT2D eigenvalue weighted by Gasteiger charge is 2.15. The van der Waals surface area contributed by atoms with Crippen molar-refractivity contribution in [2.45, 2.75) is 6.92 Å². The van der Waals surface area contributed by atoms with Crippen molar-refractivity contribution in [3.05, 3.63) is 77.4 Å². The smallest absolute Gasteiger partial charge is 0.193 e. The first-order chi connectivity index (χ1) is 9.66. The molecule has 0 aromatic heterocycles. The number of anilines is 1. The Morgan fingerprint density at radius 2 is 1.75 bits per heavy atom. The molecular weight excluding hydrogens is 246 g/mol. The van der Waals surface area contributed by atoms with Crippen LogP contribution in [0.1, 0.15) is 21.5 Å². The molecule has 3 aromatic carbocycles. The van der Waals surface area contributed by atoms with Crippen LogP contribution < -0.4 is 5.73 Å². The fraction of sp³-hybridized carbons (Fsp3) is 0.0556. The summed E-state index contributed by atoms with van der Waals surface area (Å²) in [4.78, 5) is 12.8. The Morgan fingerprint density at radius 1 is 0.950 bits per heavy atom. The van der Waals surface area contributed by atoms with Crippen molar-refractivity contribution < 1.29 is 4.79 Å². The van der Waals surface area contributed by atoms with Gasteiger partial charge in [-0.25, -0.2) is 0 Å². The molecule has 0 saturated carbocycles. The Balaban J connectivity index is 2.24. The zero-order valence-corrected chi connectivity index (χ0v) is 11.3. The number of nitrogen functional groups attached to an aromatic ring is 1. The summed E-state index contributed by atoms with van der Waals surface area (Å²) >= 11 is 0. The van der Waals surface area contributed by atoms with Gasteiger partial charge in [-0.15, -0.1) is 0 Å². The predicted molar refractivity (Wildman–Crippen MR) is 83.0 cm³/mol. The summed E-state index contributed by atoms with van der Waals surface area (Å²) in [5.74, 6) is 0.0200. The van der Waals surface area contributed by atoms with Crippen LogP contribution in [0.4, 0.5) is 5.69 Å². The Morgan fingerprint density at radius 3 is 2.55 bits per heavy atom. The maximum absolute atomic E-state index is 12.8. The SMILES string of the molecule is Cc1ccc2ccccc2c1C(=O)c1cccc(N)c1. The third-order valence-electron chi connectivity index (χ3n) is 3.51. The molecule has 0 saturated heterocycles. The number of carbonyl (C=O) groups is 1. The number of fused-ring (bicyclic) bond motifs is 1. The minimum absolute atomic E-state index is 0.0200. The van der Waals surface area contributed by atoms with Gasteiger partial charge in [-0.2, -0.15) is 0 Å². The molecule has 0 bridgehead atoms. The number of benzene rings is 3. The van der Waals surface area contributed by atoms with E-state index < -0.39 is 0 Å². The van der Waals surface area contributed by atoms with Crippen molar-refractivity contribution in [3.63, 3.8) is 0 Å². The van der Waals surface area contributed by atoms with Crippen LogP contribution in [0, 0.1) is 6.92 Å². The van der Waals surface area contributed by atoms with Gasteiger partial charge in [0.25, 0.3) is 0 Å². The number of carbonyl (C=O) groups excluding carboxylic acids is 1. The van der Waals surface area contributed by atoms with E-state index in [2.05, 4.69) is 0 Å². The summed E-state index contributed by atoms with van der Waals surface area (Å²) in [6.45, 7) is 1.96. The predicted octanol–water partition coefficient (Wildman–Crippen LogP) is 3.96. The molecule has 0 atom stereocenters. The summed E-state index contributed by atoms with van der Waals surface area (Å²) in [6, 6.07) is 19.1. The average molecular weight is 261 g/mol. The van der Waals surface area contributed by atoms with E-state index in [1.165, 1.54) is 0 Å². The molecule has 98 valence electrons. The molecule has 0 aliphatic rings. The summed E-state index contributed by atoms with van der Waals surface area (Å²) in [5.41, 5.74) is 8.75. The lowest BCUT2D eigenvalue weighted by molar-refractivity contribution is 0.104. The van der Waals surface area contributed by atoms with Gasteiger partial charge in [0, 0.05) is 16.8 Å². The summed E-state index contributed by atoms with van der Waals surface area (Å²) in [5, 5.41) is 2.06. The lowest BCUT2D eigenvalue weighted by Gasteiger charge is -2.10. The molecule has 2 N–H and O–H groups in total. The molecular formula is C18H15NO. The largest absolute Gasteiger partial charge is 0.399 e. The Kier molecular flexibility index (Phi) is 2.99. The van der Waals surface area contributed by atoms with Crippen LogP contribution in [0.15, 0.2) is 60.7 Å². The minimum atomic E-state index is 0.0200. The van der Waals surface area contributed by atoms with Gasteiger partial charge in [-0.05, 0) is 35.4 Å². The van der Waals surface area contributed by atoms with Crippen LogP contribution in [0.5, 0.6) is 0 Å². The molecule has 3 aromatic rings. The fourth-order valence-electron chi connectivity index (χ4n) is 2.51. The standard InChI is InChI=1S/C18H15NO/c1-12-9-10-13-5-2-3-8-16(13)17(12)18(20)14-6-4-7-15(19)11-14/h2-11H,19H2,1H3. The minimum Gasteiger partial charge on any atom is -0.399 e. The van der Waals surface area contributed by atoms with Crippen LogP contribution in [0.3, 0.4) is 0 Å². The van der Waals surface area contributed by atoms with Crippen molar-refractivity contribution in [2.75, 3.05) is 5.73 Å². The third kappa shape index (κ3) is 2.05. The average Bonchev–Trinajstić information content (AvgIpc) is 2.46. The van der Waals surface area contributed by atoms with Crippen LogP contribution in [-0.4, -0.2) is 5.78 Å². The molecule has 2 nitrogen and oxygen atoms in total. The highest BCUT2D eigenvalue weighted by molar-refractivity contribution is 6.17. The first-order valence-electron chi connectivity index (χ1n) is 6.55. The molecule has 0 fully saturated rings. The Hall–Kier alpha value is -2.61. The van der Waals surface area contributed by atoms with Crippen LogP contribution in [0.2, 0.25) is 0 Å². The van der Waals surface area contributed by atoms with E-state index >= 15 is 0 Å². The molecule has 0 radical (unpaired) electrons. The van der Waals surface area contributed by atoms with Crippen molar-refractivity contribution in [2.24, 2.45) is 0 Å². The molecule has 0 amide bonds. The number of ketones is 1. The van der Waals surface area contributed by atoms with Crippen LogP contribution in [0.25, 0.3) is 10.8 Å². The monoisotopic (exact) mass is 261 g/mol. The molecule has 0 unspecified atom stereocenters. The third-order valence-corrected chi connectivity index (χ3v) is 3.51. The summed E-state index contributed by atoms with van der Waals surface area (Å²) in [6.07, 6.45) is 0. The number of hydrogen-bond acceptors (Lipinski definition) is 2. The van der Waals surface area contributed by atoms with Gasteiger partial charge in [0.2, 0.25) is 0 Å². The number of rotatable bonds is 2. The van der Waals surface area contributed by atoms with Gasteiger partial charge in [-0.1, -0.05) is 48.5 Å². The zero-order valence-electron chi connectivity index (χ0n) is 11.3. The van der Waals surface area contributed by atoms with E-state index in [9.17, 15) is 4.79 Å². The summed E-state index contributed by atoms with van der Waals surface area (Å²) in [7, 11) is 0. The normalized spacial score (nSPS) is 10.7. The van der Waals surface area contributed by atoms with Gasteiger partial charge in [-0.3, -0.25) is 4.79 Å². The van der Waals surface area contributed by atoms with Crippen molar-refractivity contribution >= 4 is 22.2 Å². The lowest BCUT2D eigenvalue weighted by Crippen LogP contribution is -2.05. The zero-order chi connectivity index (χ0) is 14.1. The summed E-state index contributed by atoms with van der Waals surface area (Å²) < 4.78 is 0. The van der Waals surface area contributed by atoms with Gasteiger partial charge >= 0.3 is 0 Å². The topological polar surface area (TPSA) is 43.1 Å². The molecule has 3 rings (SSSR count). The maximum Gasteiger partial charge on any atom is 0.193 e. The molecule has 20 heavy (non-hydrogen) atoms. The fourth-order valence-corrected chi connectivity index (χ4v) is 2.51. The molecule has 0 spiro atoms. The first kappa shape index (κ1) is 12.4. The molecule has 2 heteroatoms. The second-order valence-electron chi connectivity index (χ2n) is 4.93. The van der Waals surface area contributed by atoms with Gasteiger partial charge < -0.3 is 5.73 Å². The van der Waals surface area contributed by atoms with Crippen LogP contribution >= 0.6 is 0 Å². The number of hydrogen-bond donors (Lipinski definition) is 1. The van der Waals surface area contributed by atoms with E-state index in [4.69, 9.17) is 5.73 Å². The first-order valence-corrected chi connectivity index (χ1v) is 6.55. The highest BCUT2D eigenvalue weighted by Crippen LogP contribution is 2.25. The second-order valence-corrected chi connectivity index (χ2v) is 4.93. The van der Waals surface area contributed by atoms with Gasteiger partial charge in [0.05, 0.1) is 0 Å². The molecule has 0 aliphatic carbocycles. The van der Waals surface area contributed by atoms with E-state index in [-0.39, 0.29) is 5.78 Å². The van der Waals surface area contributed by atoms with E-state index in [0.29, 0.717) is 11.3 Å². The Labute approximate surface area is 117 Å². The van der Waals surface area contributed by atoms with E-state index in [0.717, 1.165) is 21.9 Å². The highest BCUT2D eigenvalue weighted by atomic mass is 16.1. The Bertz CT molecular complexity index is 805. The van der Waals surface area contributed by atoms with Crippen molar-refractivity contribution in [3.8, 4) is 0 Å². The van der Waals surface area contributed by atoms with E-state index in [1.807, 2.05) is 49.4 Å². The van der Waals surface area contributed by atoms with Gasteiger partial charge in [0.15, 0.2) is 5.78 Å². The maximum atomic E-state index is 12.8. The lowest BCUT2D eigenvalue weighted by atomic mass is 9.93. The van der Waals surface area contributed by atoms with Crippen molar-refractivity contribution in [1.82, 2.24) is 0 Å². The molecule has 0 heterocycles. The second kappa shape index (κ2) is 4.82. The van der Waals surface area contributed by atoms with E-state index in [1.54, 1.807) is 18.2 Å².